The largest absolute Gasteiger partial charge is 0.508 e. The number of anilines is 2. The Labute approximate surface area is 210 Å². The molecule has 36 heavy (non-hydrogen) atoms. The lowest BCUT2D eigenvalue weighted by Gasteiger charge is -2.23. The molecule has 3 aromatic heterocycles. The molecule has 0 saturated heterocycles. The molecule has 0 bridgehead atoms. The standard InChI is InChI=1S/C26H20ClN7O2/c1-26(15-3-2-4-17(35)12-15)20-21(28)31-22(32-23(20)33-25(26)36)19-13-34-10-9-29-24(34)18(30-19)11-14-5-7-16(27)8-6-14/h2-10,12-13,35H,11H2,1H3,(H3,28,31,32,33,36)/t26-/m0/s1. The zero-order valence-corrected chi connectivity index (χ0v) is 19.9. The Balaban J connectivity index is 1.46. The van der Waals surface area contributed by atoms with E-state index in [1.807, 2.05) is 34.9 Å². The second kappa shape index (κ2) is 8.03. The fourth-order valence-corrected chi connectivity index (χ4v) is 4.76. The molecule has 4 heterocycles. The number of carbonyl (C=O) groups is 1. The molecule has 1 aliphatic heterocycles. The maximum absolute atomic E-state index is 13.1. The summed E-state index contributed by atoms with van der Waals surface area (Å²) in [4.78, 5) is 31.6. The van der Waals surface area contributed by atoms with E-state index in [1.165, 1.54) is 0 Å². The first-order chi connectivity index (χ1) is 17.3. The van der Waals surface area contributed by atoms with Gasteiger partial charge >= 0.3 is 0 Å². The van der Waals surface area contributed by atoms with Crippen molar-refractivity contribution in [1.82, 2.24) is 24.3 Å². The predicted molar refractivity (Wildman–Crippen MR) is 136 cm³/mol. The van der Waals surface area contributed by atoms with Crippen LogP contribution in [0.25, 0.3) is 17.2 Å². The number of rotatable bonds is 4. The van der Waals surface area contributed by atoms with Gasteiger partial charge in [-0.3, -0.25) is 4.79 Å². The molecule has 5 aromatic rings. The molecule has 0 spiro atoms. The van der Waals surface area contributed by atoms with Crippen LogP contribution in [0.2, 0.25) is 5.02 Å². The van der Waals surface area contributed by atoms with Crippen LogP contribution in [-0.4, -0.2) is 35.4 Å². The number of hydrogen-bond acceptors (Lipinski definition) is 7. The Morgan fingerprint density at radius 1 is 1.14 bits per heavy atom. The maximum Gasteiger partial charge on any atom is 0.240 e. The maximum atomic E-state index is 13.1. The minimum atomic E-state index is -1.15. The average molecular weight is 498 g/mol. The third kappa shape index (κ3) is 3.44. The third-order valence-electron chi connectivity index (χ3n) is 6.50. The van der Waals surface area contributed by atoms with Gasteiger partial charge in [0.05, 0.1) is 11.3 Å². The first-order valence-electron chi connectivity index (χ1n) is 11.2. The number of phenols is 1. The highest BCUT2D eigenvalue weighted by molar-refractivity contribution is 6.30. The number of fused-ring (bicyclic) bond motifs is 2. The fraction of sp³-hybridized carbons (Fsp3) is 0.115. The normalized spacial score (nSPS) is 16.8. The number of nitrogen functional groups attached to an aromatic ring is 1. The highest BCUT2D eigenvalue weighted by Crippen LogP contribution is 2.45. The molecule has 4 N–H and O–H groups in total. The van der Waals surface area contributed by atoms with E-state index in [9.17, 15) is 9.90 Å². The predicted octanol–water partition coefficient (Wildman–Crippen LogP) is 3.98. The number of benzene rings is 2. The van der Waals surface area contributed by atoms with Gasteiger partial charge in [0, 0.05) is 30.0 Å². The lowest BCUT2D eigenvalue weighted by atomic mass is 9.77. The highest BCUT2D eigenvalue weighted by Gasteiger charge is 2.47. The molecule has 178 valence electrons. The van der Waals surface area contributed by atoms with E-state index in [1.54, 1.807) is 43.6 Å². The summed E-state index contributed by atoms with van der Waals surface area (Å²) in [6, 6.07) is 14.1. The van der Waals surface area contributed by atoms with Crippen LogP contribution in [0.3, 0.4) is 0 Å². The second-order valence-electron chi connectivity index (χ2n) is 8.82. The number of aromatic nitrogens is 5. The van der Waals surface area contributed by atoms with Crippen LogP contribution in [0, 0.1) is 0 Å². The molecule has 0 fully saturated rings. The Bertz CT molecular complexity index is 1670. The number of phenolic OH excluding ortho intramolecular Hbond substituents is 1. The molecule has 0 radical (unpaired) electrons. The van der Waals surface area contributed by atoms with Crippen molar-refractivity contribution >= 4 is 34.8 Å². The molecular formula is C26H20ClN7O2. The smallest absolute Gasteiger partial charge is 0.240 e. The van der Waals surface area contributed by atoms with Crippen molar-refractivity contribution in [2.24, 2.45) is 0 Å². The van der Waals surface area contributed by atoms with E-state index in [2.05, 4.69) is 20.3 Å². The SMILES string of the molecule is C[C@@]1(c2cccc(O)c2)C(=O)Nc2nc(-c3cn4ccnc4c(Cc4ccc(Cl)cc4)n3)nc(N)c21. The Hall–Kier alpha value is -4.50. The van der Waals surface area contributed by atoms with Crippen LogP contribution in [0.15, 0.2) is 67.1 Å². The number of nitrogens with one attached hydrogen (secondary N) is 1. The first-order valence-corrected chi connectivity index (χ1v) is 11.6. The van der Waals surface area contributed by atoms with E-state index in [4.69, 9.17) is 22.3 Å². The van der Waals surface area contributed by atoms with Crippen LogP contribution < -0.4 is 11.1 Å². The van der Waals surface area contributed by atoms with Crippen molar-refractivity contribution in [3.63, 3.8) is 0 Å². The van der Waals surface area contributed by atoms with Crippen molar-refractivity contribution in [3.8, 4) is 17.3 Å². The first kappa shape index (κ1) is 22.0. The number of hydrogen-bond donors (Lipinski definition) is 3. The molecule has 2 aromatic carbocycles. The summed E-state index contributed by atoms with van der Waals surface area (Å²) >= 11 is 6.03. The minimum absolute atomic E-state index is 0.0529. The number of halogens is 1. The summed E-state index contributed by atoms with van der Waals surface area (Å²) in [6.45, 7) is 1.74. The van der Waals surface area contributed by atoms with E-state index >= 15 is 0 Å². The molecule has 6 rings (SSSR count). The van der Waals surface area contributed by atoms with Gasteiger partial charge in [0.2, 0.25) is 5.91 Å². The summed E-state index contributed by atoms with van der Waals surface area (Å²) < 4.78 is 1.86. The number of aromatic hydroxyl groups is 1. The van der Waals surface area contributed by atoms with Crippen molar-refractivity contribution < 1.29 is 9.90 Å². The number of carbonyl (C=O) groups excluding carboxylic acids is 1. The zero-order valence-electron chi connectivity index (χ0n) is 19.1. The van der Waals surface area contributed by atoms with Gasteiger partial charge in [0.25, 0.3) is 0 Å². The topological polar surface area (TPSA) is 131 Å². The number of amides is 1. The summed E-state index contributed by atoms with van der Waals surface area (Å²) in [5.74, 6) is 0.505. The average Bonchev–Trinajstić information content (AvgIpc) is 3.43. The van der Waals surface area contributed by atoms with E-state index in [-0.39, 0.29) is 23.3 Å². The van der Waals surface area contributed by atoms with Gasteiger partial charge in [-0.25, -0.2) is 19.9 Å². The molecule has 10 heteroatoms. The van der Waals surface area contributed by atoms with Gasteiger partial charge in [-0.15, -0.1) is 0 Å². The highest BCUT2D eigenvalue weighted by atomic mass is 35.5. The number of imidazole rings is 1. The Morgan fingerprint density at radius 3 is 2.72 bits per heavy atom. The quantitative estimate of drug-likeness (QED) is 0.342. The summed E-state index contributed by atoms with van der Waals surface area (Å²) in [5.41, 5.74) is 9.28. The molecule has 0 saturated carbocycles. The lowest BCUT2D eigenvalue weighted by molar-refractivity contribution is -0.119. The molecule has 0 aliphatic carbocycles. The third-order valence-corrected chi connectivity index (χ3v) is 6.76. The zero-order chi connectivity index (χ0) is 25.0. The van der Waals surface area contributed by atoms with Crippen molar-refractivity contribution in [1.29, 1.82) is 0 Å². The van der Waals surface area contributed by atoms with E-state index in [0.29, 0.717) is 39.7 Å². The van der Waals surface area contributed by atoms with Gasteiger partial charge in [-0.05, 0) is 42.3 Å². The van der Waals surface area contributed by atoms with Crippen LogP contribution in [0.5, 0.6) is 5.75 Å². The van der Waals surface area contributed by atoms with Gasteiger partial charge in [-0.1, -0.05) is 35.9 Å². The Morgan fingerprint density at radius 2 is 1.94 bits per heavy atom. The molecular weight excluding hydrogens is 478 g/mol. The summed E-state index contributed by atoms with van der Waals surface area (Å²) in [7, 11) is 0. The van der Waals surface area contributed by atoms with E-state index in [0.717, 1.165) is 11.3 Å². The molecule has 1 atom stereocenters. The van der Waals surface area contributed by atoms with E-state index < -0.39 is 5.41 Å². The van der Waals surface area contributed by atoms with Crippen molar-refractivity contribution in [2.45, 2.75) is 18.8 Å². The molecule has 1 amide bonds. The Kier molecular flexibility index (Phi) is 4.90. The van der Waals surface area contributed by atoms with Crippen LogP contribution in [-0.2, 0) is 16.6 Å². The van der Waals surface area contributed by atoms with Crippen molar-refractivity contribution in [2.75, 3.05) is 11.1 Å². The van der Waals surface area contributed by atoms with Crippen LogP contribution in [0.4, 0.5) is 11.6 Å². The monoisotopic (exact) mass is 497 g/mol. The number of nitrogens with two attached hydrogens (primary N) is 1. The minimum Gasteiger partial charge on any atom is -0.508 e. The number of nitrogens with zero attached hydrogens (tertiary/aromatic N) is 5. The molecule has 1 aliphatic rings. The van der Waals surface area contributed by atoms with Gasteiger partial charge in [0.1, 0.15) is 28.5 Å². The van der Waals surface area contributed by atoms with Gasteiger partial charge < -0.3 is 20.6 Å². The summed E-state index contributed by atoms with van der Waals surface area (Å²) in [5, 5.41) is 13.5. The summed E-state index contributed by atoms with van der Waals surface area (Å²) in [6.07, 6.45) is 5.83. The molecule has 9 nitrogen and oxygen atoms in total. The molecule has 0 unspecified atom stereocenters. The lowest BCUT2D eigenvalue weighted by Crippen LogP contribution is -2.32. The van der Waals surface area contributed by atoms with Crippen molar-refractivity contribution in [3.05, 3.63) is 94.5 Å². The fourth-order valence-electron chi connectivity index (χ4n) is 4.63. The van der Waals surface area contributed by atoms with Crippen LogP contribution >= 0.6 is 11.6 Å². The second-order valence-corrected chi connectivity index (χ2v) is 9.26. The van der Waals surface area contributed by atoms with Gasteiger partial charge in [-0.2, -0.15) is 0 Å². The van der Waals surface area contributed by atoms with Crippen LogP contribution in [0.1, 0.15) is 29.3 Å². The van der Waals surface area contributed by atoms with Gasteiger partial charge in [0.15, 0.2) is 11.5 Å².